The summed E-state index contributed by atoms with van der Waals surface area (Å²) in [5.74, 6) is 0.231. The number of halogens is 1. The normalized spacial score (nSPS) is 10.1. The number of hydrogen-bond acceptors (Lipinski definition) is 3. The van der Waals surface area contributed by atoms with E-state index in [-0.39, 0.29) is 22.5 Å². The molecule has 0 bridgehead atoms. The van der Waals surface area contributed by atoms with E-state index >= 15 is 0 Å². The molecular weight excluding hydrogens is 298 g/mol. The zero-order valence-corrected chi connectivity index (χ0v) is 10.9. The van der Waals surface area contributed by atoms with Gasteiger partial charge in [-0.3, -0.25) is 10.1 Å². The van der Waals surface area contributed by atoms with Crippen LogP contribution < -0.4 is 4.74 Å². The van der Waals surface area contributed by atoms with Crippen LogP contribution in [0.2, 0.25) is 0 Å². The molecule has 0 aliphatic carbocycles. The lowest BCUT2D eigenvalue weighted by molar-refractivity contribution is -0.386. The topological polar surface area (TPSA) is 52.4 Å². The molecule has 0 saturated heterocycles. The SMILES string of the molecule is O=[N+]([O-])c1c(Br)[c]ccc1OCc1ccccc1. The molecular formula is C13H9BrNO3. The first-order valence-corrected chi connectivity index (χ1v) is 5.99. The van der Waals surface area contributed by atoms with Crippen molar-refractivity contribution in [3.8, 4) is 5.75 Å². The first-order valence-electron chi connectivity index (χ1n) is 5.20. The molecule has 1 radical (unpaired) electrons. The maximum Gasteiger partial charge on any atom is 0.325 e. The molecule has 4 nitrogen and oxygen atoms in total. The number of nitro benzene ring substituents is 1. The van der Waals surface area contributed by atoms with Gasteiger partial charge >= 0.3 is 5.69 Å². The highest BCUT2D eigenvalue weighted by Crippen LogP contribution is 2.34. The third-order valence-electron chi connectivity index (χ3n) is 2.31. The van der Waals surface area contributed by atoms with E-state index in [2.05, 4.69) is 22.0 Å². The average molecular weight is 307 g/mol. The Balaban J connectivity index is 2.20. The van der Waals surface area contributed by atoms with Gasteiger partial charge in [0.05, 0.1) is 4.92 Å². The van der Waals surface area contributed by atoms with E-state index in [1.807, 2.05) is 30.3 Å². The summed E-state index contributed by atoms with van der Waals surface area (Å²) in [6.45, 7) is 0.290. The lowest BCUT2D eigenvalue weighted by Gasteiger charge is -2.07. The van der Waals surface area contributed by atoms with Crippen molar-refractivity contribution < 1.29 is 9.66 Å². The molecule has 5 heteroatoms. The summed E-state index contributed by atoms with van der Waals surface area (Å²) in [5.41, 5.74) is 0.851. The lowest BCUT2D eigenvalue weighted by Crippen LogP contribution is -1.99. The standard InChI is InChI=1S/C13H9BrNO3/c14-11-7-4-8-12(13(11)15(16)17)18-9-10-5-2-1-3-6-10/h1-6,8H,9H2. The monoisotopic (exact) mass is 306 g/mol. The molecule has 0 saturated carbocycles. The Morgan fingerprint density at radius 2 is 2.00 bits per heavy atom. The molecule has 0 atom stereocenters. The Bertz CT molecular complexity index is 557. The summed E-state index contributed by atoms with van der Waals surface area (Å²) in [5, 5.41) is 10.9. The van der Waals surface area contributed by atoms with E-state index in [0.29, 0.717) is 0 Å². The fourth-order valence-electron chi connectivity index (χ4n) is 1.47. The van der Waals surface area contributed by atoms with Gasteiger partial charge in [0.15, 0.2) is 5.75 Å². The number of nitro groups is 1. The van der Waals surface area contributed by atoms with Gasteiger partial charge in [-0.05, 0) is 33.6 Å². The number of ether oxygens (including phenoxy) is 1. The van der Waals surface area contributed by atoms with Crippen molar-refractivity contribution in [1.82, 2.24) is 0 Å². The van der Waals surface area contributed by atoms with Crippen molar-refractivity contribution in [2.75, 3.05) is 0 Å². The fourth-order valence-corrected chi connectivity index (χ4v) is 1.94. The molecule has 0 unspecified atom stereocenters. The van der Waals surface area contributed by atoms with E-state index in [1.54, 1.807) is 6.07 Å². The van der Waals surface area contributed by atoms with Crippen molar-refractivity contribution in [2.24, 2.45) is 0 Å². The van der Waals surface area contributed by atoms with Gasteiger partial charge in [-0.2, -0.15) is 0 Å². The molecule has 18 heavy (non-hydrogen) atoms. The second kappa shape index (κ2) is 5.64. The summed E-state index contributed by atoms with van der Waals surface area (Å²) in [6.07, 6.45) is 0. The first-order chi connectivity index (χ1) is 8.68. The van der Waals surface area contributed by atoms with Crippen molar-refractivity contribution in [2.45, 2.75) is 6.61 Å². The summed E-state index contributed by atoms with van der Waals surface area (Å²) < 4.78 is 5.76. The Morgan fingerprint density at radius 3 is 2.67 bits per heavy atom. The van der Waals surface area contributed by atoms with Gasteiger partial charge in [0.1, 0.15) is 11.1 Å². The highest BCUT2D eigenvalue weighted by molar-refractivity contribution is 9.10. The van der Waals surface area contributed by atoms with E-state index in [1.165, 1.54) is 6.07 Å². The number of nitrogens with zero attached hydrogens (tertiary/aromatic N) is 1. The minimum absolute atomic E-state index is 0.103. The van der Waals surface area contributed by atoms with Gasteiger partial charge in [-0.15, -0.1) is 0 Å². The Morgan fingerprint density at radius 1 is 1.28 bits per heavy atom. The number of rotatable bonds is 4. The molecule has 2 aromatic carbocycles. The predicted octanol–water partition coefficient (Wildman–Crippen LogP) is 3.74. The van der Waals surface area contributed by atoms with E-state index < -0.39 is 4.92 Å². The average Bonchev–Trinajstić information content (AvgIpc) is 2.37. The number of hydrogen-bond donors (Lipinski definition) is 0. The van der Waals surface area contributed by atoms with Crippen molar-refractivity contribution >= 4 is 21.6 Å². The smallest absolute Gasteiger partial charge is 0.325 e. The van der Waals surface area contributed by atoms with Crippen molar-refractivity contribution in [1.29, 1.82) is 0 Å². The summed E-state index contributed by atoms with van der Waals surface area (Å²) >= 11 is 3.10. The summed E-state index contributed by atoms with van der Waals surface area (Å²) in [7, 11) is 0. The van der Waals surface area contributed by atoms with Crippen LogP contribution in [0.1, 0.15) is 5.56 Å². The Labute approximate surface area is 112 Å². The zero-order chi connectivity index (χ0) is 13.0. The highest BCUT2D eigenvalue weighted by Gasteiger charge is 2.19. The molecule has 0 aliphatic rings. The molecule has 0 aromatic heterocycles. The molecule has 2 rings (SSSR count). The van der Waals surface area contributed by atoms with Crippen LogP contribution in [0, 0.1) is 16.2 Å². The van der Waals surface area contributed by atoms with Crippen LogP contribution in [0.3, 0.4) is 0 Å². The van der Waals surface area contributed by atoms with Crippen LogP contribution >= 0.6 is 15.9 Å². The minimum atomic E-state index is -0.485. The molecule has 0 fully saturated rings. The summed E-state index contributed by atoms with van der Waals surface area (Å²) in [4.78, 5) is 10.4. The Hall–Kier alpha value is -1.88. The third-order valence-corrected chi connectivity index (χ3v) is 2.91. The lowest BCUT2D eigenvalue weighted by atomic mass is 10.2. The quantitative estimate of drug-likeness (QED) is 0.638. The van der Waals surface area contributed by atoms with Crippen LogP contribution in [-0.2, 0) is 6.61 Å². The predicted molar refractivity (Wildman–Crippen MR) is 70.4 cm³/mol. The minimum Gasteiger partial charge on any atom is -0.482 e. The van der Waals surface area contributed by atoms with Gasteiger partial charge in [-0.1, -0.05) is 30.3 Å². The second-order valence-electron chi connectivity index (χ2n) is 3.54. The molecule has 0 heterocycles. The Kier molecular flexibility index (Phi) is 3.94. The fraction of sp³-hybridized carbons (Fsp3) is 0.0769. The largest absolute Gasteiger partial charge is 0.482 e. The maximum atomic E-state index is 10.9. The van der Waals surface area contributed by atoms with Gasteiger partial charge in [0.25, 0.3) is 0 Å². The second-order valence-corrected chi connectivity index (χ2v) is 4.33. The van der Waals surface area contributed by atoms with Crippen LogP contribution in [0.25, 0.3) is 0 Å². The molecule has 0 aliphatic heterocycles. The maximum absolute atomic E-state index is 10.9. The molecule has 0 spiro atoms. The van der Waals surface area contributed by atoms with Crippen LogP contribution in [0.5, 0.6) is 5.75 Å². The van der Waals surface area contributed by atoms with Crippen LogP contribution in [0.15, 0.2) is 46.9 Å². The van der Waals surface area contributed by atoms with Crippen LogP contribution in [-0.4, -0.2) is 4.92 Å². The third kappa shape index (κ3) is 2.87. The first kappa shape index (κ1) is 12.6. The zero-order valence-electron chi connectivity index (χ0n) is 9.30. The summed E-state index contributed by atoms with van der Waals surface area (Å²) in [6, 6.07) is 15.3. The van der Waals surface area contributed by atoms with Crippen molar-refractivity contribution in [3.05, 3.63) is 68.7 Å². The van der Waals surface area contributed by atoms with Crippen LogP contribution in [0.4, 0.5) is 5.69 Å². The molecule has 91 valence electrons. The van der Waals surface area contributed by atoms with E-state index in [9.17, 15) is 10.1 Å². The van der Waals surface area contributed by atoms with Gasteiger partial charge in [-0.25, -0.2) is 0 Å². The molecule has 0 N–H and O–H groups in total. The van der Waals surface area contributed by atoms with Gasteiger partial charge in [0.2, 0.25) is 0 Å². The van der Waals surface area contributed by atoms with Gasteiger partial charge in [0, 0.05) is 6.07 Å². The molecule has 2 aromatic rings. The number of benzene rings is 2. The van der Waals surface area contributed by atoms with E-state index in [0.717, 1.165) is 5.56 Å². The van der Waals surface area contributed by atoms with E-state index in [4.69, 9.17) is 4.74 Å². The molecule has 0 amide bonds. The highest BCUT2D eigenvalue weighted by atomic mass is 79.9. The van der Waals surface area contributed by atoms with Crippen molar-refractivity contribution in [3.63, 3.8) is 0 Å². The van der Waals surface area contributed by atoms with Gasteiger partial charge < -0.3 is 4.74 Å².